The molecule has 2 N–H and O–H groups in total. The number of pyridine rings is 1. The van der Waals surface area contributed by atoms with Gasteiger partial charge in [0.25, 0.3) is 11.5 Å². The van der Waals surface area contributed by atoms with Crippen LogP contribution >= 0.6 is 0 Å². The van der Waals surface area contributed by atoms with Crippen LogP contribution in [-0.4, -0.2) is 45.9 Å². The number of likely N-dealkylation sites (N-methyl/N-ethyl adjacent to an activating group) is 1. The molecule has 142 valence electrons. The lowest BCUT2D eigenvalue weighted by atomic mass is 10.2. The molecule has 0 atom stereocenters. The summed E-state index contributed by atoms with van der Waals surface area (Å²) < 4.78 is 1.49. The summed E-state index contributed by atoms with van der Waals surface area (Å²) in [5.74, 6) is -2.19. The van der Waals surface area contributed by atoms with E-state index in [1.807, 2.05) is 13.8 Å². The number of hydrogen-bond acceptors (Lipinski definition) is 4. The van der Waals surface area contributed by atoms with Crippen LogP contribution in [-0.2, 0) is 4.79 Å². The van der Waals surface area contributed by atoms with Crippen molar-refractivity contribution >= 4 is 23.5 Å². The SMILES string of the molecule is CC(C)n1ccc(C(=O)N(C)CC(=O)Nc2ccccc2C(=O)O)cc1=O. The number of carboxylic acid groups (broad SMARTS) is 1. The van der Waals surface area contributed by atoms with Crippen molar-refractivity contribution in [2.75, 3.05) is 18.9 Å². The number of carboxylic acids is 1. The summed E-state index contributed by atoms with van der Waals surface area (Å²) in [6.07, 6.45) is 1.54. The van der Waals surface area contributed by atoms with Crippen molar-refractivity contribution in [1.82, 2.24) is 9.47 Å². The Kier molecular flexibility index (Phi) is 6.12. The highest BCUT2D eigenvalue weighted by Gasteiger charge is 2.18. The van der Waals surface area contributed by atoms with Crippen LogP contribution in [0.25, 0.3) is 0 Å². The molecule has 0 radical (unpaired) electrons. The lowest BCUT2D eigenvalue weighted by Gasteiger charge is -2.18. The van der Waals surface area contributed by atoms with Crippen LogP contribution in [0.2, 0.25) is 0 Å². The maximum Gasteiger partial charge on any atom is 0.337 e. The number of nitrogens with zero attached hydrogens (tertiary/aromatic N) is 2. The second kappa shape index (κ2) is 8.31. The van der Waals surface area contributed by atoms with Gasteiger partial charge >= 0.3 is 5.97 Å². The summed E-state index contributed by atoms with van der Waals surface area (Å²) in [5.41, 5.74) is -0.0188. The molecular weight excluding hydrogens is 350 g/mol. The third-order valence-corrected chi connectivity index (χ3v) is 3.91. The number of amides is 2. The van der Waals surface area contributed by atoms with E-state index in [1.54, 1.807) is 12.1 Å². The lowest BCUT2D eigenvalue weighted by molar-refractivity contribution is -0.116. The van der Waals surface area contributed by atoms with Gasteiger partial charge in [-0.25, -0.2) is 4.79 Å². The van der Waals surface area contributed by atoms with E-state index in [0.717, 1.165) is 4.90 Å². The molecule has 2 aromatic rings. The number of carbonyl (C=O) groups is 3. The van der Waals surface area contributed by atoms with Gasteiger partial charge in [0.05, 0.1) is 17.8 Å². The molecule has 2 rings (SSSR count). The molecule has 0 unspecified atom stereocenters. The Morgan fingerprint density at radius 1 is 1.19 bits per heavy atom. The van der Waals surface area contributed by atoms with Crippen molar-refractivity contribution in [2.24, 2.45) is 0 Å². The van der Waals surface area contributed by atoms with Crippen LogP contribution in [0.5, 0.6) is 0 Å². The first-order valence-electron chi connectivity index (χ1n) is 8.30. The van der Waals surface area contributed by atoms with Crippen LogP contribution in [0.15, 0.2) is 47.4 Å². The summed E-state index contributed by atoms with van der Waals surface area (Å²) in [5, 5.41) is 11.6. The fourth-order valence-electron chi connectivity index (χ4n) is 2.53. The first-order chi connectivity index (χ1) is 12.7. The predicted octanol–water partition coefficient (Wildman–Crippen LogP) is 1.84. The zero-order valence-electron chi connectivity index (χ0n) is 15.3. The smallest absolute Gasteiger partial charge is 0.337 e. The summed E-state index contributed by atoms with van der Waals surface area (Å²) in [4.78, 5) is 49.0. The zero-order chi connectivity index (χ0) is 20.1. The Hall–Kier alpha value is -3.42. The number of nitrogens with one attached hydrogen (secondary N) is 1. The van der Waals surface area contributed by atoms with E-state index >= 15 is 0 Å². The van der Waals surface area contributed by atoms with Gasteiger partial charge in [-0.15, -0.1) is 0 Å². The Balaban J connectivity index is 2.08. The van der Waals surface area contributed by atoms with E-state index in [0.29, 0.717) is 0 Å². The molecule has 0 aliphatic carbocycles. The van der Waals surface area contributed by atoms with E-state index in [1.165, 1.54) is 42.1 Å². The Morgan fingerprint density at radius 3 is 2.44 bits per heavy atom. The van der Waals surface area contributed by atoms with Crippen LogP contribution in [0.1, 0.15) is 40.6 Å². The van der Waals surface area contributed by atoms with Gasteiger partial charge in [-0.1, -0.05) is 12.1 Å². The van der Waals surface area contributed by atoms with Crippen molar-refractivity contribution in [2.45, 2.75) is 19.9 Å². The standard InChI is InChI=1S/C19H21N3O5/c1-12(2)22-9-8-13(10-17(22)24)18(25)21(3)11-16(23)20-15-7-5-4-6-14(15)19(26)27/h4-10,12H,11H2,1-3H3,(H,20,23)(H,26,27). The zero-order valence-corrected chi connectivity index (χ0v) is 15.3. The second-order valence-corrected chi connectivity index (χ2v) is 6.31. The minimum absolute atomic E-state index is 0.0283. The highest BCUT2D eigenvalue weighted by Crippen LogP contribution is 2.15. The van der Waals surface area contributed by atoms with Gasteiger partial charge < -0.3 is 19.9 Å². The summed E-state index contributed by atoms with van der Waals surface area (Å²) >= 11 is 0. The van der Waals surface area contributed by atoms with Gasteiger partial charge in [0.15, 0.2) is 0 Å². The number of anilines is 1. The Labute approximate surface area is 156 Å². The van der Waals surface area contributed by atoms with Gasteiger partial charge in [-0.05, 0) is 32.0 Å². The maximum atomic E-state index is 12.4. The summed E-state index contributed by atoms with van der Waals surface area (Å²) in [6.45, 7) is 3.42. The molecule has 0 bridgehead atoms. The average Bonchev–Trinajstić information content (AvgIpc) is 2.60. The van der Waals surface area contributed by atoms with Crippen LogP contribution in [0, 0.1) is 0 Å². The van der Waals surface area contributed by atoms with E-state index in [9.17, 15) is 19.2 Å². The van der Waals surface area contributed by atoms with Gasteiger partial charge in [0, 0.05) is 30.9 Å². The first kappa shape index (κ1) is 19.9. The molecule has 1 aromatic carbocycles. The summed E-state index contributed by atoms with van der Waals surface area (Å²) in [7, 11) is 1.43. The third kappa shape index (κ3) is 4.81. The van der Waals surface area contributed by atoms with Gasteiger partial charge in [0.1, 0.15) is 0 Å². The molecule has 0 saturated heterocycles. The number of carbonyl (C=O) groups excluding carboxylic acids is 2. The molecule has 1 aromatic heterocycles. The van der Waals surface area contributed by atoms with Crippen LogP contribution in [0.3, 0.4) is 0 Å². The van der Waals surface area contributed by atoms with Gasteiger partial charge in [-0.3, -0.25) is 14.4 Å². The number of rotatable bonds is 6. The molecule has 0 fully saturated rings. The molecule has 0 saturated carbocycles. The summed E-state index contributed by atoms with van der Waals surface area (Å²) in [6, 6.07) is 8.72. The van der Waals surface area contributed by atoms with Gasteiger partial charge in [0.2, 0.25) is 5.91 Å². The number of benzene rings is 1. The fraction of sp³-hybridized carbons (Fsp3) is 0.263. The van der Waals surface area contributed by atoms with Crippen molar-refractivity contribution in [3.8, 4) is 0 Å². The van der Waals surface area contributed by atoms with Crippen molar-refractivity contribution < 1.29 is 19.5 Å². The predicted molar refractivity (Wildman–Crippen MR) is 100 cm³/mol. The highest BCUT2D eigenvalue weighted by atomic mass is 16.4. The number of aromatic nitrogens is 1. The molecule has 1 heterocycles. The van der Waals surface area contributed by atoms with Gasteiger partial charge in [-0.2, -0.15) is 0 Å². The van der Waals surface area contributed by atoms with E-state index in [-0.39, 0.29) is 35.0 Å². The first-order valence-corrected chi connectivity index (χ1v) is 8.30. The maximum absolute atomic E-state index is 12.4. The normalized spacial score (nSPS) is 10.5. The molecular formula is C19H21N3O5. The van der Waals surface area contributed by atoms with Crippen molar-refractivity contribution in [1.29, 1.82) is 0 Å². The molecule has 8 nitrogen and oxygen atoms in total. The van der Waals surface area contributed by atoms with E-state index in [2.05, 4.69) is 5.32 Å². The molecule has 2 amide bonds. The molecule has 8 heteroatoms. The van der Waals surface area contributed by atoms with Crippen molar-refractivity contribution in [3.63, 3.8) is 0 Å². The number of aromatic carboxylic acids is 1. The largest absolute Gasteiger partial charge is 0.478 e. The third-order valence-electron chi connectivity index (χ3n) is 3.91. The molecule has 0 aliphatic heterocycles. The Morgan fingerprint density at radius 2 is 1.85 bits per heavy atom. The molecule has 0 spiro atoms. The number of para-hydroxylation sites is 1. The second-order valence-electron chi connectivity index (χ2n) is 6.31. The van der Waals surface area contributed by atoms with E-state index in [4.69, 9.17) is 5.11 Å². The Bertz CT molecular complexity index is 933. The van der Waals surface area contributed by atoms with E-state index < -0.39 is 17.8 Å². The molecule has 27 heavy (non-hydrogen) atoms. The minimum atomic E-state index is -1.17. The topological polar surface area (TPSA) is 109 Å². The van der Waals surface area contributed by atoms with Crippen LogP contribution in [0.4, 0.5) is 5.69 Å². The number of hydrogen-bond donors (Lipinski definition) is 2. The lowest BCUT2D eigenvalue weighted by Crippen LogP contribution is -2.36. The minimum Gasteiger partial charge on any atom is -0.478 e. The fourth-order valence-corrected chi connectivity index (χ4v) is 2.53. The van der Waals surface area contributed by atoms with Crippen LogP contribution < -0.4 is 10.9 Å². The quantitative estimate of drug-likeness (QED) is 0.805. The average molecular weight is 371 g/mol. The molecule has 0 aliphatic rings. The highest BCUT2D eigenvalue weighted by molar-refractivity contribution is 6.03. The van der Waals surface area contributed by atoms with Crippen molar-refractivity contribution in [3.05, 3.63) is 64.1 Å². The monoisotopic (exact) mass is 371 g/mol.